The van der Waals surface area contributed by atoms with Gasteiger partial charge < -0.3 is 0 Å². The largest absolute Gasteiger partial charge is 0.297 e. The number of rotatable bonds is 2. The molecule has 1 aliphatic heterocycles. The van der Waals surface area contributed by atoms with E-state index in [9.17, 15) is 4.39 Å². The summed E-state index contributed by atoms with van der Waals surface area (Å²) in [4.78, 5) is 6.64. The van der Waals surface area contributed by atoms with Crippen LogP contribution in [-0.2, 0) is 6.54 Å². The lowest BCUT2D eigenvalue weighted by atomic mass is 10.1. The maximum Gasteiger partial charge on any atom is 0.103 e. The fourth-order valence-electron chi connectivity index (χ4n) is 1.96. The summed E-state index contributed by atoms with van der Waals surface area (Å²) in [7, 11) is 0. The van der Waals surface area contributed by atoms with Gasteiger partial charge in [0.25, 0.3) is 0 Å². The number of likely N-dealkylation sites (tertiary alicyclic amines) is 1. The van der Waals surface area contributed by atoms with Crippen molar-refractivity contribution < 1.29 is 4.39 Å². The van der Waals surface area contributed by atoms with E-state index >= 15 is 0 Å². The van der Waals surface area contributed by atoms with Crippen LogP contribution in [-0.4, -0.2) is 29.1 Å². The maximum absolute atomic E-state index is 12.9. The van der Waals surface area contributed by atoms with Crippen LogP contribution < -0.4 is 0 Å². The Balaban J connectivity index is 1.95. The highest BCUT2D eigenvalue weighted by atomic mass is 19.1. The monoisotopic (exact) mass is 208 g/mol. The van der Waals surface area contributed by atoms with Crippen molar-refractivity contribution in [2.24, 2.45) is 0 Å². The lowest BCUT2D eigenvalue weighted by Crippen LogP contribution is -2.34. The molecule has 0 amide bonds. The van der Waals surface area contributed by atoms with Gasteiger partial charge in [-0.1, -0.05) is 6.07 Å². The van der Waals surface area contributed by atoms with E-state index in [1.165, 1.54) is 5.56 Å². The van der Waals surface area contributed by atoms with Gasteiger partial charge in [0.05, 0.1) is 5.69 Å². The van der Waals surface area contributed by atoms with E-state index in [0.29, 0.717) is 12.8 Å². The molecule has 0 aliphatic carbocycles. The SMILES string of the molecule is Cc1cccnc1CN1CCC(F)CC1. The Labute approximate surface area is 90.1 Å². The first kappa shape index (κ1) is 10.6. The van der Waals surface area contributed by atoms with Crippen LogP contribution in [0.2, 0.25) is 0 Å². The third-order valence-electron chi connectivity index (χ3n) is 3.01. The summed E-state index contributed by atoms with van der Waals surface area (Å²) in [5.41, 5.74) is 2.34. The van der Waals surface area contributed by atoms with Crippen molar-refractivity contribution >= 4 is 0 Å². The molecule has 0 unspecified atom stereocenters. The highest BCUT2D eigenvalue weighted by Gasteiger charge is 2.18. The Morgan fingerprint density at radius 3 is 2.87 bits per heavy atom. The molecular formula is C12H17FN2. The molecule has 2 heterocycles. The zero-order valence-corrected chi connectivity index (χ0v) is 9.12. The Kier molecular flexibility index (Phi) is 3.31. The molecule has 0 aromatic carbocycles. The molecule has 82 valence electrons. The average molecular weight is 208 g/mol. The number of aryl methyl sites for hydroxylation is 1. The maximum atomic E-state index is 12.9. The number of halogens is 1. The summed E-state index contributed by atoms with van der Waals surface area (Å²) in [5, 5.41) is 0. The number of aromatic nitrogens is 1. The van der Waals surface area contributed by atoms with Crippen LogP contribution in [0, 0.1) is 6.92 Å². The molecule has 3 heteroatoms. The average Bonchev–Trinajstić information content (AvgIpc) is 2.25. The van der Waals surface area contributed by atoms with Crippen molar-refractivity contribution in [3.05, 3.63) is 29.6 Å². The Morgan fingerprint density at radius 2 is 2.20 bits per heavy atom. The number of piperidine rings is 1. The van der Waals surface area contributed by atoms with Crippen LogP contribution in [0.1, 0.15) is 24.1 Å². The molecule has 2 nitrogen and oxygen atoms in total. The van der Waals surface area contributed by atoms with E-state index < -0.39 is 6.17 Å². The minimum atomic E-state index is -0.592. The van der Waals surface area contributed by atoms with Crippen molar-refractivity contribution in [2.75, 3.05) is 13.1 Å². The molecule has 2 rings (SSSR count). The van der Waals surface area contributed by atoms with E-state index in [4.69, 9.17) is 0 Å². The highest BCUT2D eigenvalue weighted by Crippen LogP contribution is 2.16. The van der Waals surface area contributed by atoms with Gasteiger partial charge >= 0.3 is 0 Å². The van der Waals surface area contributed by atoms with Gasteiger partial charge in [0.15, 0.2) is 0 Å². The first-order valence-corrected chi connectivity index (χ1v) is 5.52. The second kappa shape index (κ2) is 4.71. The van der Waals surface area contributed by atoms with Crippen molar-refractivity contribution in [2.45, 2.75) is 32.5 Å². The molecule has 1 saturated heterocycles. The lowest BCUT2D eigenvalue weighted by molar-refractivity contribution is 0.144. The van der Waals surface area contributed by atoms with E-state index in [1.807, 2.05) is 12.3 Å². The van der Waals surface area contributed by atoms with E-state index in [2.05, 4.69) is 22.9 Å². The van der Waals surface area contributed by atoms with Crippen LogP contribution in [0.25, 0.3) is 0 Å². The summed E-state index contributed by atoms with van der Waals surface area (Å²) < 4.78 is 12.9. The molecule has 1 fully saturated rings. The molecule has 0 radical (unpaired) electrons. The molecular weight excluding hydrogens is 191 g/mol. The van der Waals surface area contributed by atoms with Gasteiger partial charge in [-0.25, -0.2) is 4.39 Å². The molecule has 15 heavy (non-hydrogen) atoms. The Hall–Kier alpha value is -0.960. The predicted octanol–water partition coefficient (Wildman–Crippen LogP) is 2.32. The van der Waals surface area contributed by atoms with E-state index in [0.717, 1.165) is 25.3 Å². The van der Waals surface area contributed by atoms with Crippen molar-refractivity contribution in [3.8, 4) is 0 Å². The molecule has 0 spiro atoms. The number of nitrogens with zero attached hydrogens (tertiary/aromatic N) is 2. The molecule has 1 aliphatic rings. The van der Waals surface area contributed by atoms with Gasteiger partial charge in [-0.15, -0.1) is 0 Å². The van der Waals surface area contributed by atoms with Gasteiger partial charge in [0, 0.05) is 25.8 Å². The summed E-state index contributed by atoms with van der Waals surface area (Å²) in [6.45, 7) is 4.65. The number of pyridine rings is 1. The van der Waals surface area contributed by atoms with Crippen molar-refractivity contribution in [1.82, 2.24) is 9.88 Å². The molecule has 0 N–H and O–H groups in total. The van der Waals surface area contributed by atoms with Crippen molar-refractivity contribution in [1.29, 1.82) is 0 Å². The van der Waals surface area contributed by atoms with Crippen LogP contribution in [0.3, 0.4) is 0 Å². The first-order valence-electron chi connectivity index (χ1n) is 5.52. The van der Waals surface area contributed by atoms with Gasteiger partial charge in [0.2, 0.25) is 0 Å². The van der Waals surface area contributed by atoms with Crippen LogP contribution in [0.15, 0.2) is 18.3 Å². The second-order valence-electron chi connectivity index (χ2n) is 4.22. The minimum Gasteiger partial charge on any atom is -0.297 e. The van der Waals surface area contributed by atoms with Gasteiger partial charge in [-0.2, -0.15) is 0 Å². The van der Waals surface area contributed by atoms with Gasteiger partial charge in [0.1, 0.15) is 6.17 Å². The van der Waals surface area contributed by atoms with Gasteiger partial charge in [-0.3, -0.25) is 9.88 Å². The third kappa shape index (κ3) is 2.75. The summed E-state index contributed by atoms with van der Waals surface area (Å²) >= 11 is 0. The molecule has 0 atom stereocenters. The fourth-order valence-corrected chi connectivity index (χ4v) is 1.96. The van der Waals surface area contributed by atoms with Crippen LogP contribution in [0.4, 0.5) is 4.39 Å². The van der Waals surface area contributed by atoms with E-state index in [-0.39, 0.29) is 0 Å². The quantitative estimate of drug-likeness (QED) is 0.741. The molecule has 1 aromatic rings. The zero-order chi connectivity index (χ0) is 10.7. The summed E-state index contributed by atoms with van der Waals surface area (Å²) in [5.74, 6) is 0. The molecule has 0 bridgehead atoms. The minimum absolute atomic E-state index is 0.592. The summed E-state index contributed by atoms with van der Waals surface area (Å²) in [6, 6.07) is 4.02. The highest BCUT2D eigenvalue weighted by molar-refractivity contribution is 5.17. The predicted molar refractivity (Wildman–Crippen MR) is 58.4 cm³/mol. The standard InChI is InChI=1S/C12H17FN2/c1-10-3-2-6-14-12(10)9-15-7-4-11(13)5-8-15/h2-3,6,11H,4-5,7-9H2,1H3. The van der Waals surface area contributed by atoms with Crippen molar-refractivity contribution in [3.63, 3.8) is 0 Å². The lowest BCUT2D eigenvalue weighted by Gasteiger charge is -2.28. The number of hydrogen-bond acceptors (Lipinski definition) is 2. The zero-order valence-electron chi connectivity index (χ0n) is 9.12. The van der Waals surface area contributed by atoms with E-state index in [1.54, 1.807) is 0 Å². The number of hydrogen-bond donors (Lipinski definition) is 0. The Bertz CT molecular complexity index is 319. The van der Waals surface area contributed by atoms with Crippen LogP contribution in [0.5, 0.6) is 0 Å². The topological polar surface area (TPSA) is 16.1 Å². The Morgan fingerprint density at radius 1 is 1.47 bits per heavy atom. The molecule has 1 aromatic heterocycles. The van der Waals surface area contributed by atoms with Gasteiger partial charge in [-0.05, 0) is 31.4 Å². The summed E-state index contributed by atoms with van der Waals surface area (Å²) in [6.07, 6.45) is 2.58. The smallest absolute Gasteiger partial charge is 0.103 e. The number of alkyl halides is 1. The fraction of sp³-hybridized carbons (Fsp3) is 0.583. The normalized spacial score (nSPS) is 19.3. The third-order valence-corrected chi connectivity index (χ3v) is 3.01. The second-order valence-corrected chi connectivity index (χ2v) is 4.22. The first-order chi connectivity index (χ1) is 7.25. The molecule has 0 saturated carbocycles. The van der Waals surface area contributed by atoms with Crippen LogP contribution >= 0.6 is 0 Å².